The van der Waals surface area contributed by atoms with Gasteiger partial charge in [-0.05, 0) is 20.4 Å². The first kappa shape index (κ1) is 20.2. The van der Waals surface area contributed by atoms with Crippen LogP contribution in [0.2, 0.25) is 0 Å². The van der Waals surface area contributed by atoms with E-state index in [-0.39, 0.29) is 0 Å². The minimum Gasteiger partial charge on any atom is -0.385 e. The summed E-state index contributed by atoms with van der Waals surface area (Å²) < 4.78 is 10.4. The Morgan fingerprint density at radius 1 is 1.26 bits per heavy atom. The van der Waals surface area contributed by atoms with Crippen LogP contribution in [-0.4, -0.2) is 102 Å². The van der Waals surface area contributed by atoms with E-state index in [0.717, 1.165) is 84.6 Å². The number of nitrogens with one attached hydrogen (secondary N) is 2. The van der Waals surface area contributed by atoms with Gasteiger partial charge in [-0.3, -0.25) is 9.89 Å². The molecule has 1 saturated heterocycles. The van der Waals surface area contributed by atoms with Gasteiger partial charge in [-0.2, -0.15) is 0 Å². The SMILES string of the molecule is CCNC(=NCCN1CCOCC1)NCCN(C)CCCOC. The lowest BCUT2D eigenvalue weighted by Gasteiger charge is -2.25. The van der Waals surface area contributed by atoms with Crippen LogP contribution in [0.4, 0.5) is 0 Å². The van der Waals surface area contributed by atoms with E-state index in [1.807, 2.05) is 0 Å². The van der Waals surface area contributed by atoms with E-state index < -0.39 is 0 Å². The fourth-order valence-corrected chi connectivity index (χ4v) is 2.43. The van der Waals surface area contributed by atoms with E-state index in [1.54, 1.807) is 7.11 Å². The maximum absolute atomic E-state index is 5.36. The minimum atomic E-state index is 0.818. The topological polar surface area (TPSA) is 61.4 Å². The van der Waals surface area contributed by atoms with E-state index in [9.17, 15) is 0 Å². The summed E-state index contributed by atoms with van der Waals surface area (Å²) in [6, 6.07) is 0. The number of guanidine groups is 1. The largest absolute Gasteiger partial charge is 0.385 e. The lowest BCUT2D eigenvalue weighted by atomic mass is 10.4. The number of ether oxygens (including phenoxy) is 2. The van der Waals surface area contributed by atoms with Crippen molar-refractivity contribution in [3.8, 4) is 0 Å². The van der Waals surface area contributed by atoms with Crippen molar-refractivity contribution in [2.75, 3.05) is 86.3 Å². The molecule has 1 aliphatic rings. The molecule has 7 nitrogen and oxygen atoms in total. The molecule has 1 aliphatic heterocycles. The van der Waals surface area contributed by atoms with Crippen LogP contribution in [-0.2, 0) is 9.47 Å². The number of nitrogens with zero attached hydrogens (tertiary/aromatic N) is 3. The molecule has 0 saturated carbocycles. The number of hydrogen-bond acceptors (Lipinski definition) is 5. The van der Waals surface area contributed by atoms with Crippen molar-refractivity contribution in [1.82, 2.24) is 20.4 Å². The van der Waals surface area contributed by atoms with Gasteiger partial charge in [0.1, 0.15) is 0 Å². The summed E-state index contributed by atoms with van der Waals surface area (Å²) in [5.74, 6) is 0.908. The summed E-state index contributed by atoms with van der Waals surface area (Å²) in [6.07, 6.45) is 1.07. The maximum atomic E-state index is 5.36. The third-order valence-electron chi connectivity index (χ3n) is 3.81. The van der Waals surface area contributed by atoms with E-state index in [0.29, 0.717) is 0 Å². The van der Waals surface area contributed by atoms with Crippen LogP contribution in [0, 0.1) is 0 Å². The van der Waals surface area contributed by atoms with Crippen molar-refractivity contribution in [3.05, 3.63) is 0 Å². The number of likely N-dealkylation sites (N-methyl/N-ethyl adjacent to an activating group) is 1. The van der Waals surface area contributed by atoms with Gasteiger partial charge in [0.05, 0.1) is 19.8 Å². The average Bonchev–Trinajstić information content (AvgIpc) is 2.56. The van der Waals surface area contributed by atoms with Gasteiger partial charge in [0.2, 0.25) is 0 Å². The first-order valence-electron chi connectivity index (χ1n) is 8.76. The molecule has 1 fully saturated rings. The summed E-state index contributed by atoms with van der Waals surface area (Å²) in [5.41, 5.74) is 0. The number of aliphatic imine (C=N–C) groups is 1. The molecule has 0 aliphatic carbocycles. The molecule has 0 atom stereocenters. The summed E-state index contributed by atoms with van der Waals surface area (Å²) in [4.78, 5) is 9.37. The van der Waals surface area contributed by atoms with Crippen LogP contribution in [0.25, 0.3) is 0 Å². The Balaban J connectivity index is 2.17. The molecule has 7 heteroatoms. The predicted octanol–water partition coefficient (Wildman–Crippen LogP) is -0.158. The summed E-state index contributed by atoms with van der Waals surface area (Å²) >= 11 is 0. The average molecular weight is 329 g/mol. The smallest absolute Gasteiger partial charge is 0.191 e. The van der Waals surface area contributed by atoms with Crippen LogP contribution in [0.15, 0.2) is 4.99 Å². The summed E-state index contributed by atoms with van der Waals surface area (Å²) in [5, 5.41) is 6.71. The Morgan fingerprint density at radius 2 is 2.04 bits per heavy atom. The molecule has 0 unspecified atom stereocenters. The molecule has 0 aromatic rings. The first-order chi connectivity index (χ1) is 11.3. The molecule has 0 spiro atoms. The van der Waals surface area contributed by atoms with Crippen LogP contribution >= 0.6 is 0 Å². The summed E-state index contributed by atoms with van der Waals surface area (Å²) in [6.45, 7) is 12.3. The fraction of sp³-hybridized carbons (Fsp3) is 0.938. The van der Waals surface area contributed by atoms with Crippen molar-refractivity contribution in [2.24, 2.45) is 4.99 Å². The van der Waals surface area contributed by atoms with E-state index in [4.69, 9.17) is 9.47 Å². The predicted molar refractivity (Wildman–Crippen MR) is 95.2 cm³/mol. The minimum absolute atomic E-state index is 0.818. The molecule has 0 aromatic heterocycles. The quantitative estimate of drug-likeness (QED) is 0.312. The summed E-state index contributed by atoms with van der Waals surface area (Å²) in [7, 11) is 3.89. The van der Waals surface area contributed by atoms with Crippen LogP contribution < -0.4 is 10.6 Å². The Morgan fingerprint density at radius 3 is 2.74 bits per heavy atom. The lowest BCUT2D eigenvalue weighted by molar-refractivity contribution is 0.0394. The molecule has 0 radical (unpaired) electrons. The second-order valence-electron chi connectivity index (χ2n) is 5.79. The van der Waals surface area contributed by atoms with Crippen molar-refractivity contribution in [3.63, 3.8) is 0 Å². The molecular formula is C16H35N5O2. The van der Waals surface area contributed by atoms with Crippen molar-refractivity contribution >= 4 is 5.96 Å². The molecule has 2 N–H and O–H groups in total. The van der Waals surface area contributed by atoms with E-state index >= 15 is 0 Å². The molecule has 1 rings (SSSR count). The zero-order valence-electron chi connectivity index (χ0n) is 15.1. The van der Waals surface area contributed by atoms with Crippen LogP contribution in [0.1, 0.15) is 13.3 Å². The molecular weight excluding hydrogens is 294 g/mol. The normalized spacial score (nSPS) is 16.8. The maximum Gasteiger partial charge on any atom is 0.191 e. The highest BCUT2D eigenvalue weighted by molar-refractivity contribution is 5.79. The number of methoxy groups -OCH3 is 1. The molecule has 0 bridgehead atoms. The zero-order valence-corrected chi connectivity index (χ0v) is 15.1. The number of morpholine rings is 1. The Kier molecular flexibility index (Phi) is 11.9. The molecule has 0 amide bonds. The Hall–Kier alpha value is -0.890. The highest BCUT2D eigenvalue weighted by atomic mass is 16.5. The van der Waals surface area contributed by atoms with Gasteiger partial charge in [-0.1, -0.05) is 0 Å². The van der Waals surface area contributed by atoms with Crippen LogP contribution in [0.5, 0.6) is 0 Å². The Labute approximate surface area is 141 Å². The monoisotopic (exact) mass is 329 g/mol. The van der Waals surface area contributed by atoms with Gasteiger partial charge in [-0.25, -0.2) is 0 Å². The number of rotatable bonds is 11. The van der Waals surface area contributed by atoms with E-state index in [2.05, 4.69) is 39.4 Å². The van der Waals surface area contributed by atoms with Gasteiger partial charge in [-0.15, -0.1) is 0 Å². The van der Waals surface area contributed by atoms with Crippen molar-refractivity contribution in [2.45, 2.75) is 13.3 Å². The van der Waals surface area contributed by atoms with Gasteiger partial charge >= 0.3 is 0 Å². The fourth-order valence-electron chi connectivity index (χ4n) is 2.43. The standard InChI is InChI=1S/C16H35N5O2/c1-4-17-16(18-6-9-20(2)8-5-13-22-3)19-7-10-21-11-14-23-15-12-21/h4-15H2,1-3H3,(H2,17,18,19). The first-order valence-corrected chi connectivity index (χ1v) is 8.76. The molecule has 136 valence electrons. The van der Waals surface area contributed by atoms with Gasteiger partial charge in [0.15, 0.2) is 5.96 Å². The molecule has 0 aromatic carbocycles. The third-order valence-corrected chi connectivity index (χ3v) is 3.81. The van der Waals surface area contributed by atoms with E-state index in [1.165, 1.54) is 0 Å². The molecule has 1 heterocycles. The van der Waals surface area contributed by atoms with Gasteiger partial charge < -0.3 is 25.0 Å². The molecule has 23 heavy (non-hydrogen) atoms. The zero-order chi connectivity index (χ0) is 16.8. The van der Waals surface area contributed by atoms with Crippen molar-refractivity contribution < 1.29 is 9.47 Å². The van der Waals surface area contributed by atoms with Gasteiger partial charge in [0.25, 0.3) is 0 Å². The van der Waals surface area contributed by atoms with Crippen molar-refractivity contribution in [1.29, 1.82) is 0 Å². The van der Waals surface area contributed by atoms with Crippen LogP contribution in [0.3, 0.4) is 0 Å². The third kappa shape index (κ3) is 10.5. The second kappa shape index (κ2) is 13.5. The number of hydrogen-bond donors (Lipinski definition) is 2. The van der Waals surface area contributed by atoms with Gasteiger partial charge in [0, 0.05) is 59.5 Å². The Bertz CT molecular complexity index is 309. The highest BCUT2D eigenvalue weighted by Crippen LogP contribution is 1.95. The highest BCUT2D eigenvalue weighted by Gasteiger charge is 2.09. The second-order valence-corrected chi connectivity index (χ2v) is 5.79. The lowest BCUT2D eigenvalue weighted by Crippen LogP contribution is -2.42.